The Kier molecular flexibility index (Phi) is 8.49. The van der Waals surface area contributed by atoms with E-state index in [9.17, 15) is 0 Å². The molecule has 0 aromatic heterocycles. The van der Waals surface area contributed by atoms with Crippen molar-refractivity contribution in [2.24, 2.45) is 0 Å². The average Bonchev–Trinajstić information content (AvgIpc) is 3.26. The minimum absolute atomic E-state index is 0.0367. The zero-order chi connectivity index (χ0) is 40.9. The van der Waals surface area contributed by atoms with Crippen LogP contribution in [0.1, 0.15) is 52.7 Å². The Bertz CT molecular complexity index is 2770. The number of nitrogens with zero attached hydrogens (tertiary/aromatic N) is 2. The Labute approximate surface area is 361 Å². The van der Waals surface area contributed by atoms with E-state index >= 15 is 0 Å². The molecule has 4 heteroatoms. The molecule has 0 spiro atoms. The summed E-state index contributed by atoms with van der Waals surface area (Å²) in [5.74, 6) is 1.97. The topological polar surface area (TPSA) is 15.7 Å². The van der Waals surface area contributed by atoms with Crippen LogP contribution in [0.4, 0.5) is 34.1 Å². The first-order valence-corrected chi connectivity index (χ1v) is 24.8. The van der Waals surface area contributed by atoms with Crippen molar-refractivity contribution >= 4 is 64.9 Å². The van der Waals surface area contributed by atoms with Crippen LogP contribution in [-0.4, -0.2) is 20.2 Å². The van der Waals surface area contributed by atoms with Gasteiger partial charge in [0.25, 0.3) is 0 Å². The Hall–Kier alpha value is -6.02. The van der Waals surface area contributed by atoms with Gasteiger partial charge in [-0.15, -0.1) is 0 Å². The van der Waals surface area contributed by atoms with Crippen molar-refractivity contribution in [1.29, 1.82) is 0 Å². The fraction of sp³-hybridized carbons (Fsp3) is 0.143. The third kappa shape index (κ3) is 6.01. The molecule has 3 nitrogen and oxygen atoms in total. The van der Waals surface area contributed by atoms with E-state index < -0.39 is 20.2 Å². The van der Waals surface area contributed by atoms with E-state index in [1.807, 2.05) is 0 Å². The predicted octanol–water partition coefficient (Wildman–Crippen LogP) is 13.5. The predicted molar refractivity (Wildman–Crippen MR) is 254 cm³/mol. The molecule has 8 aromatic rings. The van der Waals surface area contributed by atoms with Gasteiger partial charge in [-0.05, 0) is 0 Å². The van der Waals surface area contributed by atoms with Gasteiger partial charge in [0.05, 0.1) is 0 Å². The number of hydrogen-bond acceptors (Lipinski definition) is 3. The molecule has 0 saturated carbocycles. The standard InChI is InChI=1S/C56H47N2O.Sb/c1-55(2,3)45-22-26-47(27-23-45)57-49-30-42(39-16-10-7-11-17-39)31-50(36-49)58(48-28-24-46(25-29-48)56(4,5)6)52-33-44(41-20-14-9-15-21-41)35-54(38-52)59-53-34-43(32-51(57)37-53)40-18-12-8-13-19-40;/h7-35H,1-6H3;. The third-order valence-corrected chi connectivity index (χ3v) is 20.0. The summed E-state index contributed by atoms with van der Waals surface area (Å²) in [5, 5.41) is 0. The van der Waals surface area contributed by atoms with Crippen LogP contribution in [0.2, 0.25) is 0 Å². The van der Waals surface area contributed by atoms with Gasteiger partial charge < -0.3 is 0 Å². The summed E-state index contributed by atoms with van der Waals surface area (Å²) in [6, 6.07) is 65.6. The van der Waals surface area contributed by atoms with E-state index in [1.165, 1.54) is 66.7 Å². The van der Waals surface area contributed by atoms with Crippen LogP contribution >= 0.6 is 0 Å². The summed E-state index contributed by atoms with van der Waals surface area (Å²) in [5.41, 5.74) is 17.1. The SMILES string of the molecule is CC(C)(C)c1ccc(N2c3cc(-c4ccccc4)cc4[c]3[Sb]3[c]5c(cc(-c6ccccc6)cc5N(c5ccc(C(C)(C)C)cc5)c5cc(-c6ccccc6)cc2[c]53)O4)cc1. The first kappa shape index (κ1) is 37.0. The molecular weight excluding hydrogens is 838 g/mol. The maximum atomic E-state index is 7.36. The van der Waals surface area contributed by atoms with Crippen molar-refractivity contribution in [3.63, 3.8) is 0 Å². The zero-order valence-electron chi connectivity index (χ0n) is 35.0. The molecular formula is C56H47N2OSb. The van der Waals surface area contributed by atoms with Gasteiger partial charge in [-0.1, -0.05) is 0 Å². The van der Waals surface area contributed by atoms with Crippen molar-refractivity contribution in [2.45, 2.75) is 52.4 Å². The summed E-state index contributed by atoms with van der Waals surface area (Å²) >= 11 is -2.85. The maximum absolute atomic E-state index is 7.36. The van der Waals surface area contributed by atoms with E-state index in [2.05, 4.69) is 227 Å². The number of hydrogen-bond donors (Lipinski definition) is 0. The van der Waals surface area contributed by atoms with Crippen LogP contribution in [0, 0.1) is 0 Å². The van der Waals surface area contributed by atoms with Gasteiger partial charge in [-0.3, -0.25) is 0 Å². The molecule has 292 valence electrons. The van der Waals surface area contributed by atoms with E-state index in [1.54, 1.807) is 0 Å². The summed E-state index contributed by atoms with van der Waals surface area (Å²) in [7, 11) is 0. The molecule has 0 radical (unpaired) electrons. The van der Waals surface area contributed by atoms with Gasteiger partial charge in [0, 0.05) is 0 Å². The van der Waals surface area contributed by atoms with E-state index in [-0.39, 0.29) is 10.8 Å². The van der Waals surface area contributed by atoms with E-state index in [4.69, 9.17) is 4.74 Å². The first-order valence-electron chi connectivity index (χ1n) is 21.0. The molecule has 0 atom stereocenters. The van der Waals surface area contributed by atoms with Crippen LogP contribution in [0.5, 0.6) is 11.5 Å². The molecule has 3 aliphatic rings. The average molecular weight is 886 g/mol. The van der Waals surface area contributed by atoms with Gasteiger partial charge in [-0.25, -0.2) is 0 Å². The summed E-state index contributed by atoms with van der Waals surface area (Å²) in [4.78, 5) is 5.12. The zero-order valence-corrected chi connectivity index (χ0v) is 37.5. The van der Waals surface area contributed by atoms with E-state index in [0.29, 0.717) is 0 Å². The molecule has 3 aliphatic heterocycles. The second-order valence-corrected chi connectivity index (χ2v) is 24.1. The van der Waals surface area contributed by atoms with Crippen molar-refractivity contribution in [3.05, 3.63) is 187 Å². The monoisotopic (exact) mass is 884 g/mol. The molecule has 0 bridgehead atoms. The normalized spacial score (nSPS) is 13.8. The van der Waals surface area contributed by atoms with Crippen LogP contribution < -0.4 is 25.1 Å². The Balaban J connectivity index is 1.26. The quantitative estimate of drug-likeness (QED) is 0.160. The molecule has 0 fully saturated rings. The van der Waals surface area contributed by atoms with E-state index in [0.717, 1.165) is 34.0 Å². The number of rotatable bonds is 5. The summed E-state index contributed by atoms with van der Waals surface area (Å²) in [6.45, 7) is 13.7. The van der Waals surface area contributed by atoms with Gasteiger partial charge in [0.1, 0.15) is 0 Å². The van der Waals surface area contributed by atoms with Crippen molar-refractivity contribution in [3.8, 4) is 44.9 Å². The molecule has 0 saturated heterocycles. The minimum atomic E-state index is -2.85. The van der Waals surface area contributed by atoms with Crippen LogP contribution in [0.25, 0.3) is 33.4 Å². The van der Waals surface area contributed by atoms with Gasteiger partial charge in [0.2, 0.25) is 0 Å². The Morgan fingerprint density at radius 2 is 0.667 bits per heavy atom. The second kappa shape index (κ2) is 13.8. The molecule has 0 amide bonds. The Morgan fingerprint density at radius 1 is 0.350 bits per heavy atom. The van der Waals surface area contributed by atoms with Gasteiger partial charge >= 0.3 is 364 Å². The Morgan fingerprint density at radius 3 is 1.00 bits per heavy atom. The van der Waals surface area contributed by atoms with Crippen LogP contribution in [-0.2, 0) is 10.8 Å². The molecule has 0 unspecified atom stereocenters. The summed E-state index contributed by atoms with van der Waals surface area (Å²) in [6.07, 6.45) is 0. The van der Waals surface area contributed by atoms with Crippen LogP contribution in [0.3, 0.4) is 0 Å². The van der Waals surface area contributed by atoms with Crippen LogP contribution in [0.15, 0.2) is 176 Å². The molecule has 11 rings (SSSR count). The molecule has 3 heterocycles. The number of anilines is 6. The third-order valence-electron chi connectivity index (χ3n) is 12.3. The number of ether oxygens (including phenoxy) is 1. The molecule has 8 aromatic carbocycles. The fourth-order valence-corrected chi connectivity index (χ4v) is 17.5. The van der Waals surface area contributed by atoms with Gasteiger partial charge in [0.15, 0.2) is 0 Å². The van der Waals surface area contributed by atoms with Gasteiger partial charge in [-0.2, -0.15) is 0 Å². The second-order valence-electron chi connectivity index (χ2n) is 18.3. The molecule has 60 heavy (non-hydrogen) atoms. The molecule has 0 aliphatic carbocycles. The van der Waals surface area contributed by atoms with Crippen molar-refractivity contribution < 1.29 is 4.74 Å². The molecule has 0 N–H and O–H groups in total. The number of benzene rings is 8. The van der Waals surface area contributed by atoms with Crippen molar-refractivity contribution in [2.75, 3.05) is 9.80 Å². The first-order chi connectivity index (χ1) is 29.0. The summed E-state index contributed by atoms with van der Waals surface area (Å²) < 4.78 is 11.6. The van der Waals surface area contributed by atoms with Crippen molar-refractivity contribution in [1.82, 2.24) is 0 Å². The fourth-order valence-electron chi connectivity index (χ4n) is 9.19.